The van der Waals surface area contributed by atoms with E-state index in [9.17, 15) is 8.42 Å². The van der Waals surface area contributed by atoms with Crippen molar-refractivity contribution in [2.45, 2.75) is 26.3 Å². The first-order valence-electron chi connectivity index (χ1n) is 11.3. The highest BCUT2D eigenvalue weighted by Crippen LogP contribution is 2.29. The van der Waals surface area contributed by atoms with E-state index in [1.807, 2.05) is 17.9 Å². The minimum Gasteiger partial charge on any atom is -0.354 e. The second-order valence-electron chi connectivity index (χ2n) is 8.90. The molecular weight excluding hydrogens is 464 g/mol. The third-order valence-corrected chi connectivity index (χ3v) is 7.30. The van der Waals surface area contributed by atoms with E-state index in [1.165, 1.54) is 17.5 Å². The van der Waals surface area contributed by atoms with Gasteiger partial charge in [-0.2, -0.15) is 5.10 Å². The van der Waals surface area contributed by atoms with Crippen LogP contribution >= 0.6 is 12.4 Å². The average molecular weight is 499 g/mol. The Labute approximate surface area is 202 Å². The molecule has 10 nitrogen and oxygen atoms in total. The van der Waals surface area contributed by atoms with Crippen molar-refractivity contribution < 1.29 is 8.42 Å². The van der Waals surface area contributed by atoms with Crippen molar-refractivity contribution in [1.82, 2.24) is 29.4 Å². The molecule has 0 unspecified atom stereocenters. The van der Waals surface area contributed by atoms with Crippen molar-refractivity contribution in [2.75, 3.05) is 61.9 Å². The molecule has 2 aliphatic rings. The highest BCUT2D eigenvalue weighted by atomic mass is 35.5. The van der Waals surface area contributed by atoms with E-state index < -0.39 is 10.0 Å². The molecule has 184 valence electrons. The summed E-state index contributed by atoms with van der Waals surface area (Å²) in [5, 5.41) is 4.36. The Balaban J connectivity index is 0.00000306. The molecule has 2 saturated heterocycles. The van der Waals surface area contributed by atoms with Gasteiger partial charge in [0.1, 0.15) is 0 Å². The number of nitrogens with one attached hydrogen (secondary N) is 1. The van der Waals surface area contributed by atoms with Crippen LogP contribution in [0.25, 0.3) is 0 Å². The molecule has 0 aliphatic carbocycles. The van der Waals surface area contributed by atoms with E-state index in [1.54, 1.807) is 12.4 Å². The molecule has 0 atom stereocenters. The lowest BCUT2D eigenvalue weighted by Crippen LogP contribution is -2.47. The predicted octanol–water partition coefficient (Wildman–Crippen LogP) is 1.03. The molecule has 12 heteroatoms. The zero-order valence-corrected chi connectivity index (χ0v) is 21.3. The van der Waals surface area contributed by atoms with Crippen LogP contribution in [-0.2, 0) is 23.6 Å². The maximum atomic E-state index is 11.4. The van der Waals surface area contributed by atoms with Gasteiger partial charge in [-0.1, -0.05) is 0 Å². The summed E-state index contributed by atoms with van der Waals surface area (Å²) in [7, 11) is -1.15. The molecule has 0 bridgehead atoms. The number of nitrogens with zero attached hydrogens (tertiary/aromatic N) is 7. The number of aryl methyl sites for hydroxylation is 1. The van der Waals surface area contributed by atoms with Gasteiger partial charge in [0.15, 0.2) is 11.6 Å². The van der Waals surface area contributed by atoms with Crippen molar-refractivity contribution in [3.63, 3.8) is 0 Å². The smallest absolute Gasteiger partial charge is 0.208 e. The van der Waals surface area contributed by atoms with Crippen molar-refractivity contribution in [2.24, 2.45) is 13.0 Å². The van der Waals surface area contributed by atoms with Gasteiger partial charge in [0, 0.05) is 83.1 Å². The van der Waals surface area contributed by atoms with Crippen molar-refractivity contribution in [3.8, 4) is 0 Å². The second kappa shape index (κ2) is 11.0. The van der Waals surface area contributed by atoms with Gasteiger partial charge in [0.2, 0.25) is 10.0 Å². The SMILES string of the molecule is Cc1c(CN2CCN(c3nccnc3N3CCC(CNS(C)(=O)=O)CC3)CC2)cnn1C.Cl. The van der Waals surface area contributed by atoms with Crippen LogP contribution in [0.1, 0.15) is 24.1 Å². The minimum atomic E-state index is -3.14. The van der Waals surface area contributed by atoms with Gasteiger partial charge >= 0.3 is 0 Å². The van der Waals surface area contributed by atoms with Gasteiger partial charge < -0.3 is 9.80 Å². The number of halogens is 1. The first-order valence-corrected chi connectivity index (χ1v) is 13.1. The summed E-state index contributed by atoms with van der Waals surface area (Å²) in [5.74, 6) is 2.26. The number of aromatic nitrogens is 4. The zero-order valence-electron chi connectivity index (χ0n) is 19.6. The summed E-state index contributed by atoms with van der Waals surface area (Å²) >= 11 is 0. The Morgan fingerprint density at radius 3 is 2.09 bits per heavy atom. The van der Waals surface area contributed by atoms with E-state index in [2.05, 4.69) is 41.4 Å². The van der Waals surface area contributed by atoms with Gasteiger partial charge in [-0.05, 0) is 25.7 Å². The standard InChI is InChI=1S/C21H34N8O2S.ClH/c1-17-19(15-24-26(17)2)16-27-10-12-29(13-11-27)21-20(22-6-7-23-21)28-8-4-18(5-9-28)14-25-32(3,30)31;/h6-7,15,18,25H,4-5,8-14,16H2,1-3H3;1H. The predicted molar refractivity (Wildman–Crippen MR) is 132 cm³/mol. The topological polar surface area (TPSA) is 99.5 Å². The lowest BCUT2D eigenvalue weighted by molar-refractivity contribution is 0.248. The van der Waals surface area contributed by atoms with Gasteiger partial charge in [0.05, 0.1) is 12.5 Å². The Hall–Kier alpha value is -1.95. The summed E-state index contributed by atoms with van der Waals surface area (Å²) in [4.78, 5) is 16.5. The average Bonchev–Trinajstić information content (AvgIpc) is 3.10. The summed E-state index contributed by atoms with van der Waals surface area (Å²) in [5.41, 5.74) is 2.51. The largest absolute Gasteiger partial charge is 0.354 e. The fraction of sp³-hybridized carbons (Fsp3) is 0.667. The Kier molecular flexibility index (Phi) is 8.54. The Morgan fingerprint density at radius 1 is 1.00 bits per heavy atom. The van der Waals surface area contributed by atoms with E-state index in [4.69, 9.17) is 0 Å². The van der Waals surface area contributed by atoms with E-state index in [0.717, 1.165) is 70.3 Å². The number of hydrogen-bond donors (Lipinski definition) is 1. The van der Waals surface area contributed by atoms with E-state index >= 15 is 0 Å². The van der Waals surface area contributed by atoms with Crippen LogP contribution in [0.3, 0.4) is 0 Å². The van der Waals surface area contributed by atoms with Crippen LogP contribution in [0.4, 0.5) is 11.6 Å². The molecule has 2 fully saturated rings. The summed E-state index contributed by atoms with van der Waals surface area (Å²) in [6, 6.07) is 0. The molecule has 0 saturated carbocycles. The highest BCUT2D eigenvalue weighted by molar-refractivity contribution is 7.88. The Morgan fingerprint density at radius 2 is 1.58 bits per heavy atom. The number of sulfonamides is 1. The van der Waals surface area contributed by atoms with Crippen LogP contribution in [0.2, 0.25) is 0 Å². The Bertz CT molecular complexity index is 1020. The summed E-state index contributed by atoms with van der Waals surface area (Å²) < 4.78 is 27.3. The third-order valence-electron chi connectivity index (χ3n) is 6.61. The molecule has 4 heterocycles. The minimum absolute atomic E-state index is 0. The monoisotopic (exact) mass is 498 g/mol. The number of piperazine rings is 1. The zero-order chi connectivity index (χ0) is 22.7. The number of rotatable bonds is 7. The number of anilines is 2. The fourth-order valence-electron chi connectivity index (χ4n) is 4.45. The van der Waals surface area contributed by atoms with Crippen LogP contribution in [0.5, 0.6) is 0 Å². The lowest BCUT2D eigenvalue weighted by Gasteiger charge is -2.38. The van der Waals surface area contributed by atoms with Gasteiger partial charge in [-0.15, -0.1) is 12.4 Å². The van der Waals surface area contributed by atoms with Crippen LogP contribution in [0, 0.1) is 12.8 Å². The first kappa shape index (κ1) is 25.7. The lowest BCUT2D eigenvalue weighted by atomic mass is 9.97. The molecular formula is C21H35ClN8O2S. The maximum absolute atomic E-state index is 11.4. The third kappa shape index (κ3) is 6.56. The molecule has 4 rings (SSSR count). The second-order valence-corrected chi connectivity index (χ2v) is 10.7. The molecule has 0 amide bonds. The van der Waals surface area contributed by atoms with Crippen LogP contribution < -0.4 is 14.5 Å². The number of piperidine rings is 1. The number of hydrogen-bond acceptors (Lipinski definition) is 8. The van der Waals surface area contributed by atoms with E-state index in [0.29, 0.717) is 12.5 Å². The molecule has 0 spiro atoms. The van der Waals surface area contributed by atoms with Crippen molar-refractivity contribution in [1.29, 1.82) is 0 Å². The molecule has 2 aromatic heterocycles. The molecule has 33 heavy (non-hydrogen) atoms. The maximum Gasteiger partial charge on any atom is 0.208 e. The molecule has 2 aliphatic heterocycles. The fourth-order valence-corrected chi connectivity index (χ4v) is 4.98. The van der Waals surface area contributed by atoms with Crippen molar-refractivity contribution in [3.05, 3.63) is 29.8 Å². The van der Waals surface area contributed by atoms with E-state index in [-0.39, 0.29) is 12.4 Å². The molecule has 1 N–H and O–H groups in total. The highest BCUT2D eigenvalue weighted by Gasteiger charge is 2.27. The van der Waals surface area contributed by atoms with Crippen LogP contribution in [-0.4, -0.2) is 85.1 Å². The first-order chi connectivity index (χ1) is 15.3. The van der Waals surface area contributed by atoms with Crippen molar-refractivity contribution >= 4 is 34.1 Å². The summed E-state index contributed by atoms with van der Waals surface area (Å²) in [6.45, 7) is 9.07. The van der Waals surface area contributed by atoms with Crippen LogP contribution in [0.15, 0.2) is 18.6 Å². The summed E-state index contributed by atoms with van der Waals surface area (Å²) in [6.07, 6.45) is 8.60. The quantitative estimate of drug-likeness (QED) is 0.604. The molecule has 0 aromatic carbocycles. The molecule has 2 aromatic rings. The van der Waals surface area contributed by atoms with Gasteiger partial charge in [-0.3, -0.25) is 9.58 Å². The normalized spacial score (nSPS) is 18.4. The van der Waals surface area contributed by atoms with Gasteiger partial charge in [-0.25, -0.2) is 23.1 Å². The molecule has 0 radical (unpaired) electrons. The van der Waals surface area contributed by atoms with Gasteiger partial charge in [0.25, 0.3) is 0 Å².